The number of amides is 1. The Balaban J connectivity index is 2.62. The molecule has 0 aromatic heterocycles. The zero-order valence-electron chi connectivity index (χ0n) is 10.8. The van der Waals surface area contributed by atoms with Crippen LogP contribution in [0.15, 0.2) is 0 Å². The van der Waals surface area contributed by atoms with E-state index in [1.165, 1.54) is 0 Å². The summed E-state index contributed by atoms with van der Waals surface area (Å²) in [6.07, 6.45) is 4.16. The molecular formula is C13H24BrNO. The third kappa shape index (κ3) is 2.99. The zero-order valence-corrected chi connectivity index (χ0v) is 12.3. The summed E-state index contributed by atoms with van der Waals surface area (Å²) in [4.78, 5) is 14.0. The van der Waals surface area contributed by atoms with Gasteiger partial charge in [0.05, 0.1) is 0 Å². The van der Waals surface area contributed by atoms with E-state index in [1.807, 2.05) is 0 Å². The van der Waals surface area contributed by atoms with Crippen molar-refractivity contribution in [1.29, 1.82) is 0 Å². The summed E-state index contributed by atoms with van der Waals surface area (Å²) in [5.41, 5.74) is 0.276. The van der Waals surface area contributed by atoms with Crippen LogP contribution >= 0.6 is 15.9 Å². The summed E-state index contributed by atoms with van der Waals surface area (Å²) in [7, 11) is 0. The van der Waals surface area contributed by atoms with E-state index in [2.05, 4.69) is 41.6 Å². The van der Waals surface area contributed by atoms with Crippen LogP contribution in [0.4, 0.5) is 0 Å². The summed E-state index contributed by atoms with van der Waals surface area (Å²) < 4.78 is 0. The molecule has 2 nitrogen and oxygen atoms in total. The lowest BCUT2D eigenvalue weighted by atomic mass is 9.84. The largest absolute Gasteiger partial charge is 0.342 e. The van der Waals surface area contributed by atoms with Crippen LogP contribution in [0.1, 0.15) is 46.5 Å². The average Bonchev–Trinajstić information content (AvgIpc) is 2.67. The number of carbonyl (C=O) groups excluding carboxylic acids is 1. The first-order chi connectivity index (χ1) is 7.60. The van der Waals surface area contributed by atoms with E-state index < -0.39 is 0 Å². The van der Waals surface area contributed by atoms with Gasteiger partial charge in [0.25, 0.3) is 0 Å². The molecule has 0 aromatic carbocycles. The van der Waals surface area contributed by atoms with Crippen LogP contribution in [-0.4, -0.2) is 29.2 Å². The molecule has 16 heavy (non-hydrogen) atoms. The van der Waals surface area contributed by atoms with Crippen molar-refractivity contribution in [3.63, 3.8) is 0 Å². The predicted molar refractivity (Wildman–Crippen MR) is 71.8 cm³/mol. The van der Waals surface area contributed by atoms with E-state index in [0.29, 0.717) is 11.8 Å². The van der Waals surface area contributed by atoms with Gasteiger partial charge < -0.3 is 4.90 Å². The van der Waals surface area contributed by atoms with Gasteiger partial charge in [0, 0.05) is 24.8 Å². The fraction of sp³-hybridized carbons (Fsp3) is 0.923. The Morgan fingerprint density at radius 1 is 1.38 bits per heavy atom. The molecule has 1 atom stereocenters. The minimum absolute atomic E-state index is 0.276. The van der Waals surface area contributed by atoms with Crippen molar-refractivity contribution in [2.45, 2.75) is 46.5 Å². The molecule has 0 saturated carbocycles. The first-order valence-corrected chi connectivity index (χ1v) is 7.56. The Labute approximate surface area is 108 Å². The van der Waals surface area contributed by atoms with Crippen molar-refractivity contribution in [2.24, 2.45) is 11.3 Å². The first kappa shape index (κ1) is 14.0. The van der Waals surface area contributed by atoms with Crippen molar-refractivity contribution >= 4 is 21.8 Å². The summed E-state index contributed by atoms with van der Waals surface area (Å²) in [6.45, 7) is 8.54. The summed E-state index contributed by atoms with van der Waals surface area (Å²) >= 11 is 3.61. The van der Waals surface area contributed by atoms with E-state index in [9.17, 15) is 4.79 Å². The van der Waals surface area contributed by atoms with Gasteiger partial charge in [-0.1, -0.05) is 43.1 Å². The van der Waals surface area contributed by atoms with Crippen molar-refractivity contribution < 1.29 is 4.79 Å². The molecule has 1 saturated heterocycles. The van der Waals surface area contributed by atoms with Crippen LogP contribution in [0.3, 0.4) is 0 Å². The van der Waals surface area contributed by atoms with Crippen LogP contribution in [0.5, 0.6) is 0 Å². The summed E-state index contributed by atoms with van der Waals surface area (Å²) in [5, 5.41) is 0.994. The predicted octanol–water partition coefficient (Wildman–Crippen LogP) is 3.45. The number of hydrogen-bond donors (Lipinski definition) is 0. The zero-order chi connectivity index (χ0) is 12.2. The number of likely N-dealkylation sites (tertiary alicyclic amines) is 1. The van der Waals surface area contributed by atoms with Crippen molar-refractivity contribution in [3.05, 3.63) is 0 Å². The van der Waals surface area contributed by atoms with Gasteiger partial charge in [-0.15, -0.1) is 0 Å². The van der Waals surface area contributed by atoms with Crippen LogP contribution in [-0.2, 0) is 4.79 Å². The maximum absolute atomic E-state index is 11.9. The monoisotopic (exact) mass is 289 g/mol. The van der Waals surface area contributed by atoms with Crippen LogP contribution in [0.25, 0.3) is 0 Å². The second-order valence-electron chi connectivity index (χ2n) is 5.09. The maximum Gasteiger partial charge on any atom is 0.222 e. The standard InChI is InChI=1S/C13H24BrNO/c1-4-11-7-12(16)15(8-11)10-13(5-2,6-3)9-14/h11H,4-10H2,1-3H3. The molecule has 1 aliphatic heterocycles. The minimum atomic E-state index is 0.276. The molecule has 94 valence electrons. The molecule has 0 spiro atoms. The van der Waals surface area contributed by atoms with Gasteiger partial charge in [0.1, 0.15) is 0 Å². The van der Waals surface area contributed by atoms with Gasteiger partial charge in [0.15, 0.2) is 0 Å². The Hall–Kier alpha value is -0.0500. The van der Waals surface area contributed by atoms with Gasteiger partial charge in [0.2, 0.25) is 5.91 Å². The lowest BCUT2D eigenvalue weighted by Crippen LogP contribution is -2.39. The fourth-order valence-corrected chi connectivity index (χ4v) is 3.36. The number of carbonyl (C=O) groups is 1. The Kier molecular flexibility index (Phi) is 5.29. The van der Waals surface area contributed by atoms with Crippen LogP contribution < -0.4 is 0 Å². The molecule has 0 bridgehead atoms. The Morgan fingerprint density at radius 3 is 2.38 bits per heavy atom. The quantitative estimate of drug-likeness (QED) is 0.686. The second kappa shape index (κ2) is 6.04. The van der Waals surface area contributed by atoms with Crippen LogP contribution in [0, 0.1) is 11.3 Å². The van der Waals surface area contributed by atoms with E-state index in [1.54, 1.807) is 0 Å². The van der Waals surface area contributed by atoms with E-state index in [-0.39, 0.29) is 5.41 Å². The van der Waals surface area contributed by atoms with Gasteiger partial charge >= 0.3 is 0 Å². The highest BCUT2D eigenvalue weighted by Gasteiger charge is 2.34. The summed E-state index contributed by atoms with van der Waals surface area (Å²) in [5.74, 6) is 0.952. The second-order valence-corrected chi connectivity index (χ2v) is 5.65. The molecule has 1 rings (SSSR count). The van der Waals surface area contributed by atoms with E-state index in [4.69, 9.17) is 0 Å². The van der Waals surface area contributed by atoms with Crippen molar-refractivity contribution in [1.82, 2.24) is 4.90 Å². The van der Waals surface area contributed by atoms with Crippen molar-refractivity contribution in [2.75, 3.05) is 18.4 Å². The van der Waals surface area contributed by atoms with E-state index in [0.717, 1.165) is 44.1 Å². The number of halogens is 1. The normalized spacial score (nSPS) is 21.9. The molecule has 1 fully saturated rings. The molecule has 0 aromatic rings. The number of hydrogen-bond acceptors (Lipinski definition) is 1. The van der Waals surface area contributed by atoms with Crippen LogP contribution in [0.2, 0.25) is 0 Å². The third-order valence-corrected chi connectivity index (χ3v) is 5.37. The molecule has 1 aliphatic rings. The van der Waals surface area contributed by atoms with Gasteiger partial charge in [-0.25, -0.2) is 0 Å². The van der Waals surface area contributed by atoms with E-state index >= 15 is 0 Å². The first-order valence-electron chi connectivity index (χ1n) is 6.44. The molecule has 1 unspecified atom stereocenters. The molecule has 3 heteroatoms. The SMILES string of the molecule is CCC1CC(=O)N(CC(CC)(CC)CBr)C1. The number of nitrogens with zero attached hydrogens (tertiary/aromatic N) is 1. The number of alkyl halides is 1. The molecule has 1 heterocycles. The smallest absolute Gasteiger partial charge is 0.222 e. The molecule has 0 aliphatic carbocycles. The highest BCUT2D eigenvalue weighted by Crippen LogP contribution is 2.32. The molecule has 1 amide bonds. The minimum Gasteiger partial charge on any atom is -0.342 e. The average molecular weight is 290 g/mol. The molecule has 0 N–H and O–H groups in total. The van der Waals surface area contributed by atoms with Gasteiger partial charge in [-0.2, -0.15) is 0 Å². The number of rotatable bonds is 6. The lowest BCUT2D eigenvalue weighted by Gasteiger charge is -2.34. The molecular weight excluding hydrogens is 266 g/mol. The molecule has 0 radical (unpaired) electrons. The highest BCUT2D eigenvalue weighted by atomic mass is 79.9. The fourth-order valence-electron chi connectivity index (χ4n) is 2.39. The maximum atomic E-state index is 11.9. The topological polar surface area (TPSA) is 20.3 Å². The Morgan fingerprint density at radius 2 is 2.00 bits per heavy atom. The third-order valence-electron chi connectivity index (χ3n) is 4.18. The summed E-state index contributed by atoms with van der Waals surface area (Å²) in [6, 6.07) is 0. The van der Waals surface area contributed by atoms with Crippen molar-refractivity contribution in [3.8, 4) is 0 Å². The van der Waals surface area contributed by atoms with Gasteiger partial charge in [-0.3, -0.25) is 4.79 Å². The lowest BCUT2D eigenvalue weighted by molar-refractivity contribution is -0.129. The Bertz CT molecular complexity index is 230. The van der Waals surface area contributed by atoms with Gasteiger partial charge in [-0.05, 0) is 24.2 Å². The highest BCUT2D eigenvalue weighted by molar-refractivity contribution is 9.09.